The van der Waals surface area contributed by atoms with E-state index in [4.69, 9.17) is 0 Å². The smallest absolute Gasteiger partial charge is 0.270 e. The van der Waals surface area contributed by atoms with E-state index in [-0.39, 0.29) is 21.5 Å². The Bertz CT molecular complexity index is 1030. The molecule has 1 aromatic heterocycles. The highest BCUT2D eigenvalue weighted by Crippen LogP contribution is 2.33. The first-order chi connectivity index (χ1) is 11.3. The number of nitrogens with one attached hydrogen (secondary N) is 1. The van der Waals surface area contributed by atoms with E-state index in [1.165, 1.54) is 36.5 Å². The van der Waals surface area contributed by atoms with Crippen molar-refractivity contribution in [1.82, 2.24) is 4.98 Å². The van der Waals surface area contributed by atoms with E-state index in [1.807, 2.05) is 0 Å². The van der Waals surface area contributed by atoms with E-state index < -0.39 is 20.2 Å². The highest BCUT2D eigenvalue weighted by Gasteiger charge is 2.29. The van der Waals surface area contributed by atoms with Crippen LogP contribution in [-0.4, -0.2) is 23.4 Å². The summed E-state index contributed by atoms with van der Waals surface area (Å²) in [6.07, 6.45) is 1.34. The Balaban J connectivity index is 2.10. The number of H-pyrrole nitrogens is 1. The lowest BCUT2D eigenvalue weighted by molar-refractivity contribution is -0.384. The third-order valence-corrected chi connectivity index (χ3v) is 5.91. The number of non-ortho nitro benzene ring substituents is 1. The summed E-state index contributed by atoms with van der Waals surface area (Å²) in [6, 6.07) is 9.87. The molecule has 0 bridgehead atoms. The van der Waals surface area contributed by atoms with Gasteiger partial charge in [0.25, 0.3) is 5.69 Å². The Hall–Kier alpha value is -2.23. The summed E-state index contributed by atoms with van der Waals surface area (Å²) in [5.74, 6) is 0. The fraction of sp³-hybridized carbons (Fsp3) is 0.0667. The first kappa shape index (κ1) is 16.6. The van der Waals surface area contributed by atoms with E-state index in [0.717, 1.165) is 0 Å². The van der Waals surface area contributed by atoms with Gasteiger partial charge in [0.15, 0.2) is 5.44 Å². The van der Waals surface area contributed by atoms with E-state index in [0.29, 0.717) is 9.99 Å². The quantitative estimate of drug-likeness (QED) is 0.505. The number of hydrogen-bond acceptors (Lipinski definition) is 5. The molecule has 1 atom stereocenters. The number of sulfone groups is 1. The molecule has 0 fully saturated rings. The minimum Gasteiger partial charge on any atom is -0.373 e. The van der Waals surface area contributed by atoms with Gasteiger partial charge in [0.1, 0.15) is 0 Å². The summed E-state index contributed by atoms with van der Waals surface area (Å²) < 4.78 is 25.9. The van der Waals surface area contributed by atoms with Crippen LogP contribution in [0.5, 0.6) is 0 Å². The van der Waals surface area contributed by atoms with Gasteiger partial charge in [-0.2, -0.15) is 0 Å². The Morgan fingerprint density at radius 1 is 1.17 bits per heavy atom. The fourth-order valence-electron chi connectivity index (χ4n) is 2.37. The maximum atomic E-state index is 12.6. The number of benzene rings is 2. The predicted octanol–water partition coefficient (Wildman–Crippen LogP) is 3.30. The van der Waals surface area contributed by atoms with Crippen LogP contribution < -0.4 is 0 Å². The fourth-order valence-corrected chi connectivity index (χ4v) is 3.94. The summed E-state index contributed by atoms with van der Waals surface area (Å²) in [5.41, 5.74) is -1.46. The molecule has 2 N–H and O–H groups in total. The van der Waals surface area contributed by atoms with Crippen molar-refractivity contribution >= 4 is 42.4 Å². The highest BCUT2D eigenvalue weighted by molar-refractivity contribution is 9.10. The molecular formula is C15H11BrN2O5S. The molecule has 0 saturated carbocycles. The minimum atomic E-state index is -4.06. The summed E-state index contributed by atoms with van der Waals surface area (Å²) in [7, 11) is -4.06. The van der Waals surface area contributed by atoms with Crippen LogP contribution in [0.1, 0.15) is 11.0 Å². The molecule has 3 rings (SSSR count). The number of rotatable bonds is 4. The lowest BCUT2D eigenvalue weighted by atomic mass is 10.1. The van der Waals surface area contributed by atoms with Gasteiger partial charge in [0.2, 0.25) is 9.84 Å². The van der Waals surface area contributed by atoms with Gasteiger partial charge >= 0.3 is 0 Å². The molecule has 0 aliphatic heterocycles. The molecule has 0 saturated heterocycles. The summed E-state index contributed by atoms with van der Waals surface area (Å²) in [5, 5.41) is 21.6. The number of aliphatic hydroxyl groups excluding tert-OH is 1. The zero-order valence-electron chi connectivity index (χ0n) is 12.0. The van der Waals surface area contributed by atoms with Crippen molar-refractivity contribution in [2.24, 2.45) is 0 Å². The molecule has 0 radical (unpaired) electrons. The standard InChI is InChI=1S/C15H11BrN2O5S/c16-9-1-4-11(5-2-9)24(22,23)15(19)13-8-17-14-6-3-10(18(20)21)7-12(13)14/h1-8,15,17,19H. The van der Waals surface area contributed by atoms with Crippen LogP contribution >= 0.6 is 15.9 Å². The molecular weight excluding hydrogens is 400 g/mol. The normalized spacial score (nSPS) is 13.1. The average molecular weight is 411 g/mol. The maximum absolute atomic E-state index is 12.6. The monoisotopic (exact) mass is 410 g/mol. The maximum Gasteiger partial charge on any atom is 0.270 e. The molecule has 2 aromatic carbocycles. The number of aliphatic hydroxyl groups is 1. The van der Waals surface area contributed by atoms with Gasteiger partial charge in [0.05, 0.1) is 9.82 Å². The van der Waals surface area contributed by atoms with Gasteiger partial charge in [-0.05, 0) is 30.3 Å². The van der Waals surface area contributed by atoms with Gasteiger partial charge in [-0.3, -0.25) is 10.1 Å². The number of nitrogens with zero attached hydrogens (tertiary/aromatic N) is 1. The van der Waals surface area contributed by atoms with Crippen LogP contribution in [-0.2, 0) is 9.84 Å². The Kier molecular flexibility index (Phi) is 4.16. The number of nitro benzene ring substituents is 1. The number of halogens is 1. The summed E-state index contributed by atoms with van der Waals surface area (Å²) in [6.45, 7) is 0. The van der Waals surface area contributed by atoms with Crippen molar-refractivity contribution < 1.29 is 18.4 Å². The minimum absolute atomic E-state index is 0.0435. The summed E-state index contributed by atoms with van der Waals surface area (Å²) in [4.78, 5) is 13.1. The van der Waals surface area contributed by atoms with Gasteiger partial charge in [-0.25, -0.2) is 8.42 Å². The zero-order chi connectivity index (χ0) is 17.5. The first-order valence-electron chi connectivity index (χ1n) is 6.73. The van der Waals surface area contributed by atoms with Gasteiger partial charge in [0, 0.05) is 39.3 Å². The summed E-state index contributed by atoms with van der Waals surface area (Å²) >= 11 is 3.22. The first-order valence-corrected chi connectivity index (χ1v) is 9.07. The molecule has 1 unspecified atom stereocenters. The SMILES string of the molecule is O=[N+]([O-])c1ccc2[nH]cc(C(O)S(=O)(=O)c3ccc(Br)cc3)c2c1. The molecule has 1 heterocycles. The third-order valence-electron chi connectivity index (χ3n) is 3.61. The van der Waals surface area contributed by atoms with Crippen LogP contribution in [0.3, 0.4) is 0 Å². The van der Waals surface area contributed by atoms with Gasteiger partial charge in [-0.15, -0.1) is 0 Å². The molecule has 7 nitrogen and oxygen atoms in total. The van der Waals surface area contributed by atoms with Gasteiger partial charge in [-0.1, -0.05) is 15.9 Å². The second-order valence-corrected chi connectivity index (χ2v) is 8.01. The topological polar surface area (TPSA) is 113 Å². The van der Waals surface area contributed by atoms with E-state index in [2.05, 4.69) is 20.9 Å². The molecule has 3 aromatic rings. The number of aromatic amines is 1. The molecule has 0 aliphatic carbocycles. The molecule has 0 spiro atoms. The predicted molar refractivity (Wildman–Crippen MR) is 91.2 cm³/mol. The zero-order valence-corrected chi connectivity index (χ0v) is 14.4. The van der Waals surface area contributed by atoms with Crippen molar-refractivity contribution in [1.29, 1.82) is 0 Å². The van der Waals surface area contributed by atoms with E-state index >= 15 is 0 Å². The van der Waals surface area contributed by atoms with E-state index in [9.17, 15) is 23.6 Å². The lowest BCUT2D eigenvalue weighted by Gasteiger charge is -2.11. The second kappa shape index (κ2) is 6.00. The van der Waals surface area contributed by atoms with Crippen molar-refractivity contribution in [2.45, 2.75) is 10.3 Å². The Labute approximate surface area is 145 Å². The molecule has 124 valence electrons. The van der Waals surface area contributed by atoms with Crippen LogP contribution in [0.15, 0.2) is 58.0 Å². The van der Waals surface area contributed by atoms with Gasteiger partial charge < -0.3 is 10.1 Å². The van der Waals surface area contributed by atoms with Crippen LogP contribution in [0, 0.1) is 10.1 Å². The van der Waals surface area contributed by atoms with Crippen LogP contribution in [0.25, 0.3) is 10.9 Å². The third kappa shape index (κ3) is 2.81. The Morgan fingerprint density at radius 2 is 1.83 bits per heavy atom. The molecule has 9 heteroatoms. The molecule has 24 heavy (non-hydrogen) atoms. The largest absolute Gasteiger partial charge is 0.373 e. The van der Waals surface area contributed by atoms with Crippen molar-refractivity contribution in [3.63, 3.8) is 0 Å². The average Bonchev–Trinajstić information content (AvgIpc) is 2.97. The lowest BCUT2D eigenvalue weighted by Crippen LogP contribution is -2.12. The number of fused-ring (bicyclic) bond motifs is 1. The second-order valence-electron chi connectivity index (χ2n) is 5.08. The van der Waals surface area contributed by atoms with Crippen LogP contribution in [0.2, 0.25) is 0 Å². The Morgan fingerprint density at radius 3 is 2.46 bits per heavy atom. The van der Waals surface area contributed by atoms with Crippen molar-refractivity contribution in [3.05, 3.63) is 68.8 Å². The number of nitro groups is 1. The van der Waals surface area contributed by atoms with Crippen molar-refractivity contribution in [3.8, 4) is 0 Å². The van der Waals surface area contributed by atoms with Crippen molar-refractivity contribution in [2.75, 3.05) is 0 Å². The van der Waals surface area contributed by atoms with Crippen LogP contribution in [0.4, 0.5) is 5.69 Å². The highest BCUT2D eigenvalue weighted by atomic mass is 79.9. The number of aromatic nitrogens is 1. The van der Waals surface area contributed by atoms with E-state index in [1.54, 1.807) is 12.1 Å². The number of hydrogen-bond donors (Lipinski definition) is 2. The molecule has 0 aliphatic rings. The molecule has 0 amide bonds.